The predicted octanol–water partition coefficient (Wildman–Crippen LogP) is 5.00. The number of aliphatic hydroxyl groups excluding tert-OH is 1. The molecule has 126 valence electrons. The zero-order chi connectivity index (χ0) is 15.8. The minimum absolute atomic E-state index is 0.168. The third-order valence-corrected chi connectivity index (χ3v) is 3.81. The molecule has 1 unspecified atom stereocenters. The molecule has 1 atom stereocenters. The Balaban J connectivity index is 3.30. The molecule has 0 aliphatic carbocycles. The van der Waals surface area contributed by atoms with Crippen LogP contribution in [0.3, 0.4) is 0 Å². The minimum Gasteiger partial charge on any atom is -0.463 e. The monoisotopic (exact) mass is 300 g/mol. The van der Waals surface area contributed by atoms with Crippen LogP contribution in [0.2, 0.25) is 0 Å². The van der Waals surface area contributed by atoms with Gasteiger partial charge in [0, 0.05) is 6.42 Å². The van der Waals surface area contributed by atoms with Crippen LogP contribution < -0.4 is 0 Å². The highest BCUT2D eigenvalue weighted by Gasteiger charge is 2.08. The van der Waals surface area contributed by atoms with Crippen molar-refractivity contribution in [3.8, 4) is 0 Å². The summed E-state index contributed by atoms with van der Waals surface area (Å²) in [4.78, 5) is 11.4. The molecule has 0 fully saturated rings. The molecule has 3 nitrogen and oxygen atoms in total. The van der Waals surface area contributed by atoms with E-state index in [4.69, 9.17) is 4.74 Å². The maximum Gasteiger partial charge on any atom is 0.305 e. The van der Waals surface area contributed by atoms with E-state index in [0.717, 1.165) is 32.1 Å². The van der Waals surface area contributed by atoms with Crippen molar-refractivity contribution in [3.63, 3.8) is 0 Å². The lowest BCUT2D eigenvalue weighted by Crippen LogP contribution is -2.18. The molecule has 0 amide bonds. The van der Waals surface area contributed by atoms with Crippen molar-refractivity contribution in [2.24, 2.45) is 0 Å². The van der Waals surface area contributed by atoms with Gasteiger partial charge in [-0.3, -0.25) is 4.79 Å². The van der Waals surface area contributed by atoms with Crippen LogP contribution in [-0.2, 0) is 9.53 Å². The summed E-state index contributed by atoms with van der Waals surface area (Å²) in [5.41, 5.74) is 0. The number of esters is 1. The van der Waals surface area contributed by atoms with Gasteiger partial charge in [-0.15, -0.1) is 0 Å². The van der Waals surface area contributed by atoms with E-state index in [1.54, 1.807) is 0 Å². The zero-order valence-electron chi connectivity index (χ0n) is 14.2. The fourth-order valence-electron chi connectivity index (χ4n) is 2.38. The molecule has 0 spiro atoms. The van der Waals surface area contributed by atoms with E-state index >= 15 is 0 Å². The molecule has 21 heavy (non-hydrogen) atoms. The quantitative estimate of drug-likeness (QED) is 0.342. The first-order chi connectivity index (χ1) is 10.2. The Kier molecular flexibility index (Phi) is 15.4. The Bertz CT molecular complexity index is 229. The van der Waals surface area contributed by atoms with Gasteiger partial charge in [0.25, 0.3) is 0 Å². The lowest BCUT2D eigenvalue weighted by Gasteiger charge is -2.11. The fourth-order valence-corrected chi connectivity index (χ4v) is 2.38. The Morgan fingerprint density at radius 2 is 1.38 bits per heavy atom. The topological polar surface area (TPSA) is 46.5 Å². The van der Waals surface area contributed by atoms with Crippen molar-refractivity contribution in [2.45, 2.75) is 103 Å². The summed E-state index contributed by atoms with van der Waals surface area (Å²) < 4.78 is 5.08. The number of unbranched alkanes of at least 4 members (excludes halogenated alkanes) is 9. The lowest BCUT2D eigenvalue weighted by atomic mass is 10.1. The number of aliphatic hydroxyl groups is 1. The molecule has 0 aromatic carbocycles. The second-order valence-corrected chi connectivity index (χ2v) is 6.06. The third-order valence-electron chi connectivity index (χ3n) is 3.81. The van der Waals surface area contributed by atoms with Crippen LogP contribution in [0.25, 0.3) is 0 Å². The summed E-state index contributed by atoms with van der Waals surface area (Å²) in [6.45, 7) is 4.51. The maximum atomic E-state index is 11.4. The van der Waals surface area contributed by atoms with Gasteiger partial charge < -0.3 is 9.84 Å². The second-order valence-electron chi connectivity index (χ2n) is 6.06. The molecule has 0 aliphatic heterocycles. The third kappa shape index (κ3) is 15.6. The lowest BCUT2D eigenvalue weighted by molar-refractivity contribution is -0.146. The van der Waals surface area contributed by atoms with E-state index in [1.165, 1.54) is 44.9 Å². The van der Waals surface area contributed by atoms with Crippen LogP contribution in [0.4, 0.5) is 0 Å². The van der Waals surface area contributed by atoms with Crippen molar-refractivity contribution in [3.05, 3.63) is 0 Å². The van der Waals surface area contributed by atoms with Crippen LogP contribution in [-0.4, -0.2) is 23.8 Å². The maximum absolute atomic E-state index is 11.4. The smallest absolute Gasteiger partial charge is 0.305 e. The highest BCUT2D eigenvalue weighted by atomic mass is 16.5. The summed E-state index contributed by atoms with van der Waals surface area (Å²) in [7, 11) is 0. The second kappa shape index (κ2) is 15.8. The highest BCUT2D eigenvalue weighted by Crippen LogP contribution is 2.11. The zero-order valence-corrected chi connectivity index (χ0v) is 14.2. The molecule has 0 rings (SSSR count). The van der Waals surface area contributed by atoms with Crippen molar-refractivity contribution in [2.75, 3.05) is 6.61 Å². The predicted molar refractivity (Wildman–Crippen MR) is 88.3 cm³/mol. The van der Waals surface area contributed by atoms with Gasteiger partial charge in [-0.1, -0.05) is 78.1 Å². The van der Waals surface area contributed by atoms with E-state index in [2.05, 4.69) is 13.8 Å². The molecule has 0 aromatic rings. The van der Waals surface area contributed by atoms with Gasteiger partial charge in [0.2, 0.25) is 0 Å². The summed E-state index contributed by atoms with van der Waals surface area (Å²) in [5.74, 6) is -0.168. The Morgan fingerprint density at radius 1 is 0.857 bits per heavy atom. The molecule has 0 heterocycles. The average Bonchev–Trinajstić information content (AvgIpc) is 2.48. The number of hydrogen-bond donors (Lipinski definition) is 1. The summed E-state index contributed by atoms with van der Waals surface area (Å²) in [6, 6.07) is 0. The molecule has 0 aromatic heterocycles. The van der Waals surface area contributed by atoms with Crippen molar-refractivity contribution >= 4 is 5.97 Å². The van der Waals surface area contributed by atoms with Gasteiger partial charge in [0.15, 0.2) is 0 Å². The van der Waals surface area contributed by atoms with E-state index < -0.39 is 6.10 Å². The van der Waals surface area contributed by atoms with Crippen molar-refractivity contribution < 1.29 is 14.6 Å². The van der Waals surface area contributed by atoms with E-state index in [1.807, 2.05) is 0 Å². The number of carbonyl (C=O) groups excluding carboxylic acids is 1. The van der Waals surface area contributed by atoms with Gasteiger partial charge in [0.1, 0.15) is 6.61 Å². The number of ether oxygens (including phenoxy) is 1. The van der Waals surface area contributed by atoms with Crippen molar-refractivity contribution in [1.82, 2.24) is 0 Å². The minimum atomic E-state index is -0.486. The van der Waals surface area contributed by atoms with E-state index in [9.17, 15) is 9.90 Å². The molecule has 3 heteroatoms. The van der Waals surface area contributed by atoms with E-state index in [0.29, 0.717) is 6.42 Å². The summed E-state index contributed by atoms with van der Waals surface area (Å²) in [6.07, 6.45) is 13.9. The Labute approximate surface area is 131 Å². The molecular formula is C18H36O3. The van der Waals surface area contributed by atoms with Gasteiger partial charge in [-0.25, -0.2) is 0 Å². The summed E-state index contributed by atoms with van der Waals surface area (Å²) in [5, 5.41) is 9.77. The largest absolute Gasteiger partial charge is 0.463 e. The van der Waals surface area contributed by atoms with Crippen LogP contribution in [0.5, 0.6) is 0 Å². The van der Waals surface area contributed by atoms with E-state index in [-0.39, 0.29) is 12.6 Å². The number of rotatable bonds is 15. The fraction of sp³-hybridized carbons (Fsp3) is 0.944. The standard InChI is InChI=1S/C18H36O3/c1-3-5-7-8-9-10-11-13-14-17(19)16-21-18(20)15-12-6-4-2/h17,19H,3-16H2,1-2H3. The highest BCUT2D eigenvalue weighted by molar-refractivity contribution is 5.69. The molecule has 0 saturated carbocycles. The molecule has 0 bridgehead atoms. The Morgan fingerprint density at radius 3 is 2.00 bits per heavy atom. The summed E-state index contributed by atoms with van der Waals surface area (Å²) >= 11 is 0. The van der Waals surface area contributed by atoms with Gasteiger partial charge in [0.05, 0.1) is 6.10 Å². The first-order valence-corrected chi connectivity index (χ1v) is 9.04. The molecule has 0 saturated heterocycles. The van der Waals surface area contributed by atoms with Gasteiger partial charge in [-0.05, 0) is 12.8 Å². The molecule has 0 radical (unpaired) electrons. The first kappa shape index (κ1) is 20.4. The van der Waals surface area contributed by atoms with Gasteiger partial charge >= 0.3 is 5.97 Å². The Hall–Kier alpha value is -0.570. The van der Waals surface area contributed by atoms with Crippen molar-refractivity contribution in [1.29, 1.82) is 0 Å². The first-order valence-electron chi connectivity index (χ1n) is 9.04. The van der Waals surface area contributed by atoms with Gasteiger partial charge in [-0.2, -0.15) is 0 Å². The number of hydrogen-bond acceptors (Lipinski definition) is 3. The SMILES string of the molecule is CCCCCCCCCCC(O)COC(=O)CCCCC. The normalized spacial score (nSPS) is 12.3. The van der Waals surface area contributed by atoms with Crippen LogP contribution >= 0.6 is 0 Å². The average molecular weight is 300 g/mol. The van der Waals surface area contributed by atoms with Crippen LogP contribution in [0, 0.1) is 0 Å². The molecule has 1 N–H and O–H groups in total. The molecular weight excluding hydrogens is 264 g/mol. The number of carbonyl (C=O) groups is 1. The molecule has 0 aliphatic rings. The van der Waals surface area contributed by atoms with Crippen LogP contribution in [0.1, 0.15) is 97.3 Å². The van der Waals surface area contributed by atoms with Crippen LogP contribution in [0.15, 0.2) is 0 Å².